The lowest BCUT2D eigenvalue weighted by Crippen LogP contribution is -2.48. The van der Waals surface area contributed by atoms with Gasteiger partial charge in [-0.1, -0.05) is 105 Å². The van der Waals surface area contributed by atoms with E-state index < -0.39 is 100 Å². The first-order chi connectivity index (χ1) is 70.0. The molecule has 0 bridgehead atoms. The second kappa shape index (κ2) is 47.4. The Labute approximate surface area is 831 Å². The molecule has 748 valence electrons. The molecule has 17 rings (SSSR count). The van der Waals surface area contributed by atoms with Crippen LogP contribution < -0.4 is 55.1 Å². The van der Waals surface area contributed by atoms with Gasteiger partial charge < -0.3 is 54.1 Å². The Kier molecular flexibility index (Phi) is 33.8. The number of imidazole rings is 1. The lowest BCUT2D eigenvalue weighted by Gasteiger charge is -2.19. The maximum Gasteiger partial charge on any atom is 0.272 e. The molecule has 0 saturated carbocycles. The fourth-order valence-corrected chi connectivity index (χ4v) is 16.6. The Morgan fingerprint density at radius 1 is 0.438 bits per heavy atom. The number of H-pyrrole nitrogens is 1. The number of rotatable bonds is 33. The van der Waals surface area contributed by atoms with Crippen LogP contribution >= 0.6 is 0 Å². The third-order valence-electron chi connectivity index (χ3n) is 24.5. The average Bonchev–Trinajstić information content (AvgIpc) is 1.60. The van der Waals surface area contributed by atoms with Gasteiger partial charge in [-0.2, -0.15) is 10.2 Å². The molecule has 4 atom stereocenters. The zero-order chi connectivity index (χ0) is 104. The SMILES string of the molecule is CC(C)c1cc(C(=O)N[C@@H](Cc2ccc(F)c(F)c2)C(=O)CCc2ccc3c(N)nccc3c2)n[nH]1.CCn1nc(C)cc1C(=O)N[C@@H](Cc1ccc(F)c(F)c1)C(=O)NCc1ccc2c(N)nccc2c1.Cc1nc2ccccn2c1C(=O)N[C@@H](Cc1ccc(F)c(F)c1)C(=O)CCc1ccc2c(N)nccc2c1.Cn1cc(C(=O)C[C@@H](Cc2ccc(F)c(F)c2)C(=O)NCc2ccc3c(N)nccc3c2)ccc1=O. The molecule has 14 N–H and O–H groups in total. The van der Waals surface area contributed by atoms with Crippen molar-refractivity contribution in [1.82, 2.24) is 80.4 Å². The zero-order valence-electron chi connectivity index (χ0n) is 80.0. The van der Waals surface area contributed by atoms with Crippen LogP contribution in [0.25, 0.3) is 48.7 Å². The van der Waals surface area contributed by atoms with Crippen molar-refractivity contribution < 1.29 is 73.5 Å². The molecule has 0 aliphatic heterocycles. The van der Waals surface area contributed by atoms with Gasteiger partial charge in [0.2, 0.25) is 17.4 Å². The summed E-state index contributed by atoms with van der Waals surface area (Å²) in [7, 11) is 1.53. The smallest absolute Gasteiger partial charge is 0.272 e. The van der Waals surface area contributed by atoms with Gasteiger partial charge in [0.15, 0.2) is 63.9 Å². The second-order valence-electron chi connectivity index (χ2n) is 35.3. The molecule has 9 heterocycles. The van der Waals surface area contributed by atoms with Gasteiger partial charge >= 0.3 is 0 Å². The van der Waals surface area contributed by atoms with Crippen LogP contribution in [0.15, 0.2) is 254 Å². The average molecular weight is 1990 g/mol. The van der Waals surface area contributed by atoms with Gasteiger partial charge in [0.05, 0.1) is 23.5 Å². The number of halogens is 8. The number of nitrogens with one attached hydrogen (secondary N) is 6. The van der Waals surface area contributed by atoms with Crippen molar-refractivity contribution in [3.63, 3.8) is 0 Å². The molecule has 0 spiro atoms. The predicted octanol–water partition coefficient (Wildman–Crippen LogP) is 15.9. The van der Waals surface area contributed by atoms with Crippen LogP contribution in [-0.4, -0.2) is 119 Å². The lowest BCUT2D eigenvalue weighted by molar-refractivity contribution is -0.125. The van der Waals surface area contributed by atoms with Gasteiger partial charge in [-0.15, -0.1) is 0 Å². The molecule has 0 fully saturated rings. The molecular formula is C109H102F8N20O9. The van der Waals surface area contributed by atoms with Crippen molar-refractivity contribution in [1.29, 1.82) is 0 Å². The number of fused-ring (bicyclic) bond motifs is 5. The van der Waals surface area contributed by atoms with E-state index in [1.54, 1.807) is 73.5 Å². The highest BCUT2D eigenvalue weighted by atomic mass is 19.2. The number of hydrogen-bond donors (Lipinski definition) is 10. The van der Waals surface area contributed by atoms with E-state index in [9.17, 15) is 78.3 Å². The molecular weight excluding hydrogens is 1890 g/mol. The molecule has 0 unspecified atom stereocenters. The number of ketones is 3. The number of carbonyl (C=O) groups is 8. The number of pyridine rings is 6. The molecule has 0 saturated heterocycles. The topological polar surface area (TPSA) is 438 Å². The number of nitrogens with two attached hydrogens (primary N) is 4. The third-order valence-corrected chi connectivity index (χ3v) is 24.5. The molecule has 0 radical (unpaired) electrons. The minimum absolute atomic E-state index is 0.0114. The fraction of sp³-hybridized carbons (Fsp3) is 0.211. The minimum Gasteiger partial charge on any atom is -0.383 e. The fourth-order valence-electron chi connectivity index (χ4n) is 16.6. The van der Waals surface area contributed by atoms with Crippen molar-refractivity contribution in [3.8, 4) is 0 Å². The predicted molar refractivity (Wildman–Crippen MR) is 538 cm³/mol. The number of aromatic amines is 1. The van der Waals surface area contributed by atoms with Gasteiger partial charge in [0, 0.05) is 134 Å². The van der Waals surface area contributed by atoms with Crippen molar-refractivity contribution in [3.05, 3.63) is 391 Å². The normalized spacial score (nSPS) is 12.0. The molecule has 8 aromatic carbocycles. The van der Waals surface area contributed by atoms with Gasteiger partial charge in [0.1, 0.15) is 52.0 Å². The Morgan fingerprint density at radius 2 is 0.856 bits per heavy atom. The Balaban J connectivity index is 0.000000154. The number of aryl methyl sites for hydroxylation is 6. The maximum atomic E-state index is 13.9. The Morgan fingerprint density at radius 3 is 1.29 bits per heavy atom. The van der Waals surface area contributed by atoms with E-state index in [-0.39, 0.29) is 98.1 Å². The molecule has 9 aromatic heterocycles. The highest BCUT2D eigenvalue weighted by Crippen LogP contribution is 2.29. The van der Waals surface area contributed by atoms with Crippen LogP contribution in [0.3, 0.4) is 0 Å². The van der Waals surface area contributed by atoms with E-state index in [1.807, 2.05) is 124 Å². The summed E-state index contributed by atoms with van der Waals surface area (Å²) in [5.41, 5.74) is 32.0. The molecule has 0 aliphatic carbocycles. The zero-order valence-corrected chi connectivity index (χ0v) is 80.0. The summed E-state index contributed by atoms with van der Waals surface area (Å²) < 4.78 is 113. The number of nitrogen functional groups attached to an aromatic ring is 4. The van der Waals surface area contributed by atoms with Crippen LogP contribution in [-0.2, 0) is 84.4 Å². The van der Waals surface area contributed by atoms with E-state index in [4.69, 9.17) is 22.9 Å². The van der Waals surface area contributed by atoms with Crippen LogP contribution in [0.1, 0.15) is 149 Å². The number of anilines is 4. The van der Waals surface area contributed by atoms with Crippen LogP contribution in [0.4, 0.5) is 58.4 Å². The second-order valence-corrected chi connectivity index (χ2v) is 35.3. The molecule has 0 aliphatic rings. The number of carbonyl (C=O) groups excluding carboxylic acids is 8. The van der Waals surface area contributed by atoms with Crippen molar-refractivity contribution >= 4 is 119 Å². The maximum absolute atomic E-state index is 13.9. The lowest BCUT2D eigenvalue weighted by atomic mass is 9.91. The van der Waals surface area contributed by atoms with Crippen LogP contribution in [0.2, 0.25) is 0 Å². The summed E-state index contributed by atoms with van der Waals surface area (Å²) >= 11 is 0. The molecule has 29 nitrogen and oxygen atoms in total. The number of hydrogen-bond acceptors (Lipinski definition) is 20. The highest BCUT2D eigenvalue weighted by molar-refractivity contribution is 6.02. The highest BCUT2D eigenvalue weighted by Gasteiger charge is 2.31. The van der Waals surface area contributed by atoms with E-state index in [0.29, 0.717) is 93.3 Å². The molecule has 37 heteroatoms. The van der Waals surface area contributed by atoms with Crippen LogP contribution in [0.5, 0.6) is 0 Å². The molecule has 5 amide bonds. The summed E-state index contributed by atoms with van der Waals surface area (Å²) in [6.07, 6.45) is 10.6. The first-order valence-electron chi connectivity index (χ1n) is 46.5. The van der Waals surface area contributed by atoms with Gasteiger partial charge in [-0.05, 0) is 240 Å². The van der Waals surface area contributed by atoms with Gasteiger partial charge in [-0.3, -0.25) is 57.3 Å². The number of aromatic nitrogens is 11. The van der Waals surface area contributed by atoms with Crippen LogP contribution in [0, 0.1) is 66.3 Å². The number of benzene rings is 8. The largest absolute Gasteiger partial charge is 0.383 e. The van der Waals surface area contributed by atoms with Crippen molar-refractivity contribution in [2.75, 3.05) is 22.9 Å². The van der Waals surface area contributed by atoms with Gasteiger partial charge in [-0.25, -0.2) is 60.0 Å². The summed E-state index contributed by atoms with van der Waals surface area (Å²) in [5, 5.41) is 31.9. The number of amides is 5. The quantitative estimate of drug-likeness (QED) is 0.0135. The minimum atomic E-state index is -1.04. The van der Waals surface area contributed by atoms with E-state index >= 15 is 0 Å². The summed E-state index contributed by atoms with van der Waals surface area (Å²) in [4.78, 5) is 137. The standard InChI is InChI=1S/C29H25F2N5O2.C27H27F2N5O2.C27H24F2N4O3.C26H26F2N6O2/c1-17-27(36-13-3-2-4-26(36)34-17)29(38)35-24(16-19-6-9-22(30)23(31)15-19)25(37)10-7-18-5-8-21-20(14-18)11-12-33-28(21)32;1-15(2)22-14-24(34-33-22)27(36)32-23(13-17-4-7-20(28)21(29)12-17)25(35)8-5-16-3-6-19-18(11-16)9-10-31-26(19)30;1-33-15-19(4-7-25(33)35)24(34)13-20(10-16-3-6-22(28)23(29)12-16)27(36)32-14-17-2-5-21-18(11-17)8-9-31-26(21)30;1-3-34-23(10-15(2)33-34)26(36)32-22(13-16-5-7-20(27)21(28)12-16)25(35)31-14-17-4-6-19-18(11-17)8-9-30-24(19)29/h2-6,8-9,11-15,24H,7,10,16H2,1H3,(H2,32,33)(H,35,38);3-4,6-7,9-12,14-15,23H,5,8,13H2,1-2H3,(H2,30,31)(H,32,36)(H,33,34);2-9,11-12,15,20H,10,13-14H2,1H3,(H2,30,31)(H,32,36);4-12,22H,3,13-14H2,1-2H3,(H2,29,30)(H,31,35)(H,32,36)/t24-;23-;20-;22-/m0010/s1. The number of Topliss-reactive ketones (excluding diaryl/α,β-unsaturated/α-hetero) is 3. The molecule has 146 heavy (non-hydrogen) atoms. The van der Waals surface area contributed by atoms with E-state index in [1.165, 1.54) is 58.9 Å². The summed E-state index contributed by atoms with van der Waals surface area (Å²) in [6.45, 7) is 10.1. The van der Waals surface area contributed by atoms with Crippen molar-refractivity contribution in [2.45, 2.75) is 136 Å². The Bertz CT molecular complexity index is 7870. The van der Waals surface area contributed by atoms with Gasteiger partial charge in [0.25, 0.3) is 17.7 Å². The third kappa shape index (κ3) is 26.6. The number of nitrogens with zero attached hydrogens (tertiary/aromatic N) is 10. The Hall–Kier alpha value is -17.5. The van der Waals surface area contributed by atoms with E-state index in [2.05, 4.69) is 66.8 Å². The summed E-state index contributed by atoms with van der Waals surface area (Å²) in [5.74, 6) is -10.2. The first kappa shape index (κ1) is 104. The molecule has 17 aromatic rings. The monoisotopic (exact) mass is 1990 g/mol. The van der Waals surface area contributed by atoms with Crippen molar-refractivity contribution in [2.24, 2.45) is 13.0 Å². The summed E-state index contributed by atoms with van der Waals surface area (Å²) in [6, 6.07) is 51.9. The van der Waals surface area contributed by atoms with E-state index in [0.717, 1.165) is 120 Å². The first-order valence-corrected chi connectivity index (χ1v) is 46.5.